The molecular formula is C28H38N6O2. The molecule has 3 saturated heterocycles. The highest BCUT2D eigenvalue weighted by molar-refractivity contribution is 5.52. The number of hydrogen-bond acceptors (Lipinski definition) is 8. The lowest BCUT2D eigenvalue weighted by Crippen LogP contribution is -2.52. The Bertz CT molecular complexity index is 1120. The topological polar surface area (TPSA) is 77.0 Å². The minimum absolute atomic E-state index is 0.231. The van der Waals surface area contributed by atoms with Crippen LogP contribution in [0.3, 0.4) is 0 Å². The fourth-order valence-corrected chi connectivity index (χ4v) is 7.26. The number of piperazine rings is 1. The van der Waals surface area contributed by atoms with Gasteiger partial charge in [-0.2, -0.15) is 9.97 Å². The fourth-order valence-electron chi connectivity index (χ4n) is 7.26. The van der Waals surface area contributed by atoms with Gasteiger partial charge in [-0.3, -0.25) is 4.90 Å². The third-order valence-electron chi connectivity index (χ3n) is 9.25. The first-order valence-corrected chi connectivity index (χ1v) is 13.9. The number of aliphatic hydroxyl groups is 1. The molecule has 5 atom stereocenters. The van der Waals surface area contributed by atoms with Crippen LogP contribution in [-0.2, 0) is 13.0 Å². The van der Waals surface area contributed by atoms with Crippen LogP contribution in [0.15, 0.2) is 24.3 Å². The maximum atomic E-state index is 10.7. The van der Waals surface area contributed by atoms with Crippen molar-refractivity contribution < 1.29 is 9.84 Å². The zero-order chi connectivity index (χ0) is 24.2. The Morgan fingerprint density at radius 1 is 1.06 bits per heavy atom. The van der Waals surface area contributed by atoms with Crippen molar-refractivity contribution in [3.8, 4) is 6.01 Å². The van der Waals surface area contributed by atoms with Gasteiger partial charge in [0, 0.05) is 55.9 Å². The van der Waals surface area contributed by atoms with Crippen LogP contribution in [0, 0.1) is 0 Å². The standard InChI is InChI=1S/C28H38N6O2/c1-32-11-4-5-20(32)17-36-28-30-24-16-33(25-13-26(35)22-7-3-2-6-21(22)25)12-10-23(24)27(31-28)34-14-18-8-9-19(15-34)29-18/h2-3,6-7,18-20,25-26,29,35H,4-5,8-17H2,1H3/t18-,19+,20?,25?,26?. The van der Waals surface area contributed by atoms with E-state index in [-0.39, 0.29) is 12.1 Å². The molecule has 2 bridgehead atoms. The lowest BCUT2D eigenvalue weighted by molar-refractivity contribution is 0.114. The van der Waals surface area contributed by atoms with Gasteiger partial charge in [-0.25, -0.2) is 0 Å². The number of nitrogens with one attached hydrogen (secondary N) is 1. The first kappa shape index (κ1) is 22.9. The van der Waals surface area contributed by atoms with Gasteiger partial charge in [0.05, 0.1) is 11.8 Å². The van der Waals surface area contributed by atoms with Crippen LogP contribution >= 0.6 is 0 Å². The summed E-state index contributed by atoms with van der Waals surface area (Å²) in [5.41, 5.74) is 4.75. The Morgan fingerprint density at radius 3 is 2.64 bits per heavy atom. The molecule has 0 spiro atoms. The SMILES string of the molecule is CN1CCCC1COc1nc2c(c(N3C[C@H]4CC[C@@H](C3)N4)n1)CCN(C1CC(O)c3ccccc31)C2. The van der Waals surface area contributed by atoms with Crippen LogP contribution in [0.25, 0.3) is 0 Å². The summed E-state index contributed by atoms with van der Waals surface area (Å²) in [6, 6.07) is 10.7. The number of aromatic nitrogens is 2. The molecule has 0 amide bonds. The fraction of sp³-hybridized carbons (Fsp3) is 0.643. The molecule has 8 heteroatoms. The number of anilines is 1. The second-order valence-corrected chi connectivity index (χ2v) is 11.5. The number of hydrogen-bond donors (Lipinski definition) is 2. The van der Waals surface area contributed by atoms with Crippen molar-refractivity contribution in [1.82, 2.24) is 25.1 Å². The molecule has 3 unspecified atom stereocenters. The number of likely N-dealkylation sites (N-methyl/N-ethyl adjacent to an activating group) is 1. The predicted molar refractivity (Wildman–Crippen MR) is 138 cm³/mol. The first-order chi connectivity index (χ1) is 17.6. The Hall–Kier alpha value is -2.26. The number of aliphatic hydroxyl groups excluding tert-OH is 1. The summed E-state index contributed by atoms with van der Waals surface area (Å²) in [4.78, 5) is 17.4. The number of rotatable bonds is 5. The third-order valence-corrected chi connectivity index (χ3v) is 9.25. The lowest BCUT2D eigenvalue weighted by atomic mass is 10.00. The van der Waals surface area contributed by atoms with Crippen molar-refractivity contribution in [2.45, 2.75) is 75.3 Å². The van der Waals surface area contributed by atoms with Gasteiger partial charge in [0.1, 0.15) is 12.4 Å². The van der Waals surface area contributed by atoms with Crippen molar-refractivity contribution in [2.75, 3.05) is 44.7 Å². The van der Waals surface area contributed by atoms with Gasteiger partial charge in [0.25, 0.3) is 0 Å². The van der Waals surface area contributed by atoms with E-state index in [0.717, 1.165) is 62.6 Å². The zero-order valence-corrected chi connectivity index (χ0v) is 21.3. The van der Waals surface area contributed by atoms with Gasteiger partial charge in [0.15, 0.2) is 0 Å². The number of ether oxygens (including phenoxy) is 1. The molecule has 8 nitrogen and oxygen atoms in total. The van der Waals surface area contributed by atoms with E-state index >= 15 is 0 Å². The second kappa shape index (κ2) is 9.24. The third kappa shape index (κ3) is 4.08. The van der Waals surface area contributed by atoms with Crippen LogP contribution in [0.1, 0.15) is 66.6 Å². The Kier molecular flexibility index (Phi) is 5.88. The quantitative estimate of drug-likeness (QED) is 0.662. The average molecular weight is 491 g/mol. The molecular weight excluding hydrogens is 452 g/mol. The van der Waals surface area contributed by atoms with Gasteiger partial charge < -0.3 is 25.0 Å². The van der Waals surface area contributed by atoms with E-state index in [9.17, 15) is 5.11 Å². The van der Waals surface area contributed by atoms with Crippen LogP contribution in [0.2, 0.25) is 0 Å². The Balaban J connectivity index is 1.18. The largest absolute Gasteiger partial charge is 0.462 e. The van der Waals surface area contributed by atoms with Gasteiger partial charge in [-0.15, -0.1) is 0 Å². The van der Waals surface area contributed by atoms with Crippen molar-refractivity contribution in [2.24, 2.45) is 0 Å². The second-order valence-electron chi connectivity index (χ2n) is 11.5. The van der Waals surface area contributed by atoms with Crippen molar-refractivity contribution in [1.29, 1.82) is 0 Å². The maximum absolute atomic E-state index is 10.7. The molecule has 3 fully saturated rings. The van der Waals surface area contributed by atoms with E-state index in [0.29, 0.717) is 30.7 Å². The summed E-state index contributed by atoms with van der Waals surface area (Å²) in [7, 11) is 2.18. The van der Waals surface area contributed by atoms with E-state index < -0.39 is 0 Å². The summed E-state index contributed by atoms with van der Waals surface area (Å²) in [5.74, 6) is 1.10. The highest BCUT2D eigenvalue weighted by Crippen LogP contribution is 2.44. The van der Waals surface area contributed by atoms with Gasteiger partial charge in [0.2, 0.25) is 0 Å². The molecule has 5 heterocycles. The molecule has 1 aromatic heterocycles. The molecule has 2 N–H and O–H groups in total. The molecule has 7 rings (SSSR count). The highest BCUT2D eigenvalue weighted by Gasteiger charge is 2.38. The van der Waals surface area contributed by atoms with E-state index in [1.807, 2.05) is 6.07 Å². The normalized spacial score (nSPS) is 32.1. The van der Waals surface area contributed by atoms with Crippen molar-refractivity contribution in [3.05, 3.63) is 46.6 Å². The van der Waals surface area contributed by atoms with E-state index in [4.69, 9.17) is 14.7 Å². The molecule has 2 aromatic rings. The summed E-state index contributed by atoms with van der Waals surface area (Å²) in [6.45, 7) is 5.54. The average Bonchev–Trinajstić information content (AvgIpc) is 3.58. The Labute approximate surface area is 213 Å². The van der Waals surface area contributed by atoms with Crippen LogP contribution in [0.5, 0.6) is 6.01 Å². The lowest BCUT2D eigenvalue weighted by Gasteiger charge is -2.38. The molecule has 36 heavy (non-hydrogen) atoms. The summed E-state index contributed by atoms with van der Waals surface area (Å²) >= 11 is 0. The number of likely N-dealkylation sites (tertiary alicyclic amines) is 1. The molecule has 1 aliphatic carbocycles. The molecule has 0 saturated carbocycles. The maximum Gasteiger partial charge on any atom is 0.318 e. The molecule has 192 valence electrons. The highest BCUT2D eigenvalue weighted by atomic mass is 16.5. The molecule has 5 aliphatic rings. The summed E-state index contributed by atoms with van der Waals surface area (Å²) in [6.07, 6.45) is 6.22. The van der Waals surface area contributed by atoms with Crippen LogP contribution in [-0.4, -0.2) is 82.8 Å². The Morgan fingerprint density at radius 2 is 1.86 bits per heavy atom. The molecule has 1 aromatic carbocycles. The summed E-state index contributed by atoms with van der Waals surface area (Å²) < 4.78 is 6.30. The smallest absolute Gasteiger partial charge is 0.318 e. The van der Waals surface area contributed by atoms with Crippen molar-refractivity contribution in [3.63, 3.8) is 0 Å². The molecule has 4 aliphatic heterocycles. The first-order valence-electron chi connectivity index (χ1n) is 13.9. The number of benzene rings is 1. The number of fused-ring (bicyclic) bond motifs is 4. The molecule has 0 radical (unpaired) electrons. The van der Waals surface area contributed by atoms with Crippen LogP contribution in [0.4, 0.5) is 5.82 Å². The predicted octanol–water partition coefficient (Wildman–Crippen LogP) is 2.43. The van der Waals surface area contributed by atoms with Crippen molar-refractivity contribution >= 4 is 5.82 Å². The minimum Gasteiger partial charge on any atom is -0.462 e. The van der Waals surface area contributed by atoms with Crippen LogP contribution < -0.4 is 15.0 Å². The number of nitrogens with zero attached hydrogens (tertiary/aromatic N) is 5. The minimum atomic E-state index is -0.382. The van der Waals surface area contributed by atoms with E-state index in [1.165, 1.54) is 36.8 Å². The van der Waals surface area contributed by atoms with Gasteiger partial charge in [-0.1, -0.05) is 24.3 Å². The summed E-state index contributed by atoms with van der Waals surface area (Å²) in [5, 5.41) is 14.5. The monoisotopic (exact) mass is 490 g/mol. The van der Waals surface area contributed by atoms with Gasteiger partial charge in [-0.05, 0) is 63.2 Å². The zero-order valence-electron chi connectivity index (χ0n) is 21.3. The van der Waals surface area contributed by atoms with E-state index in [2.05, 4.69) is 45.3 Å². The van der Waals surface area contributed by atoms with E-state index in [1.54, 1.807) is 0 Å². The van der Waals surface area contributed by atoms with Gasteiger partial charge >= 0.3 is 6.01 Å².